The number of aliphatic hydroxyl groups is 1. The largest absolute Gasteiger partial charge is 0.496 e. The zero-order chi connectivity index (χ0) is 12.8. The number of halogens is 1. The molecule has 0 bridgehead atoms. The molecule has 0 unspecified atom stereocenters. The van der Waals surface area contributed by atoms with E-state index in [0.29, 0.717) is 22.3 Å². The summed E-state index contributed by atoms with van der Waals surface area (Å²) in [4.78, 5) is 0. The van der Waals surface area contributed by atoms with Crippen molar-refractivity contribution < 1.29 is 9.84 Å². The first-order valence-corrected chi connectivity index (χ1v) is 6.17. The number of anilines is 1. The van der Waals surface area contributed by atoms with Crippen LogP contribution in [-0.4, -0.2) is 18.8 Å². The number of ether oxygens (including phenoxy) is 1. The summed E-state index contributed by atoms with van der Waals surface area (Å²) in [6, 6.07) is 3.56. The summed E-state index contributed by atoms with van der Waals surface area (Å²) in [7, 11) is 1.58. The highest BCUT2D eigenvalue weighted by Crippen LogP contribution is 2.31. The maximum absolute atomic E-state index is 9.15. The van der Waals surface area contributed by atoms with E-state index in [-0.39, 0.29) is 6.61 Å². The van der Waals surface area contributed by atoms with Gasteiger partial charge in [-0.2, -0.15) is 0 Å². The molecule has 0 radical (unpaired) electrons. The second-order valence-electron chi connectivity index (χ2n) is 4.41. The first-order valence-electron chi connectivity index (χ1n) is 5.79. The van der Waals surface area contributed by atoms with Gasteiger partial charge in [-0.3, -0.25) is 0 Å². The third-order valence-corrected chi connectivity index (χ3v) is 2.89. The maximum Gasteiger partial charge on any atom is 0.126 e. The summed E-state index contributed by atoms with van der Waals surface area (Å²) in [6.45, 7) is 5.16. The average molecular weight is 258 g/mol. The van der Waals surface area contributed by atoms with Crippen LogP contribution in [0.15, 0.2) is 12.1 Å². The molecule has 0 saturated heterocycles. The molecule has 17 heavy (non-hydrogen) atoms. The number of benzene rings is 1. The fourth-order valence-corrected chi connectivity index (χ4v) is 1.79. The quantitative estimate of drug-likeness (QED) is 0.822. The molecule has 0 heterocycles. The van der Waals surface area contributed by atoms with E-state index in [2.05, 4.69) is 19.2 Å². The highest BCUT2D eigenvalue weighted by molar-refractivity contribution is 6.33. The third kappa shape index (κ3) is 4.10. The van der Waals surface area contributed by atoms with Crippen LogP contribution in [0, 0.1) is 5.92 Å². The Morgan fingerprint density at radius 2 is 2.12 bits per heavy atom. The van der Waals surface area contributed by atoms with Crippen molar-refractivity contribution >= 4 is 17.3 Å². The monoisotopic (exact) mass is 257 g/mol. The van der Waals surface area contributed by atoms with E-state index in [4.69, 9.17) is 21.4 Å². The van der Waals surface area contributed by atoms with Crippen molar-refractivity contribution in [3.8, 4) is 5.75 Å². The van der Waals surface area contributed by atoms with Crippen LogP contribution in [0.4, 0.5) is 5.69 Å². The Balaban J connectivity index is 2.78. The molecule has 1 rings (SSSR count). The van der Waals surface area contributed by atoms with E-state index in [1.165, 1.54) is 0 Å². The van der Waals surface area contributed by atoms with E-state index >= 15 is 0 Å². The predicted molar refractivity (Wildman–Crippen MR) is 71.9 cm³/mol. The van der Waals surface area contributed by atoms with Crippen LogP contribution < -0.4 is 10.1 Å². The summed E-state index contributed by atoms with van der Waals surface area (Å²) in [5, 5.41) is 13.0. The summed E-state index contributed by atoms with van der Waals surface area (Å²) >= 11 is 6.12. The Morgan fingerprint density at radius 3 is 2.65 bits per heavy atom. The average Bonchev–Trinajstić information content (AvgIpc) is 2.30. The molecule has 0 atom stereocenters. The van der Waals surface area contributed by atoms with Gasteiger partial charge in [0.15, 0.2) is 0 Å². The number of methoxy groups -OCH3 is 1. The number of hydrogen-bond donors (Lipinski definition) is 2. The number of aliphatic hydroxyl groups excluding tert-OH is 1. The van der Waals surface area contributed by atoms with Crippen molar-refractivity contribution in [2.45, 2.75) is 26.9 Å². The van der Waals surface area contributed by atoms with Crippen molar-refractivity contribution in [3.63, 3.8) is 0 Å². The molecule has 0 spiro atoms. The Labute approximate surface area is 108 Å². The molecule has 0 amide bonds. The molecular weight excluding hydrogens is 238 g/mol. The van der Waals surface area contributed by atoms with Crippen molar-refractivity contribution in [2.75, 3.05) is 19.0 Å². The highest BCUT2D eigenvalue weighted by Gasteiger charge is 2.08. The van der Waals surface area contributed by atoms with Gasteiger partial charge in [0, 0.05) is 18.2 Å². The molecule has 0 aliphatic heterocycles. The Hall–Kier alpha value is -0.930. The molecule has 0 saturated carbocycles. The predicted octanol–water partition coefficient (Wildman–Crippen LogP) is 3.30. The van der Waals surface area contributed by atoms with E-state index in [9.17, 15) is 0 Å². The minimum Gasteiger partial charge on any atom is -0.496 e. The van der Waals surface area contributed by atoms with Crippen LogP contribution >= 0.6 is 11.6 Å². The van der Waals surface area contributed by atoms with Gasteiger partial charge in [0.1, 0.15) is 5.75 Å². The van der Waals surface area contributed by atoms with Crippen LogP contribution in [0.2, 0.25) is 5.02 Å². The Morgan fingerprint density at radius 1 is 1.41 bits per heavy atom. The second kappa shape index (κ2) is 6.72. The topological polar surface area (TPSA) is 41.5 Å². The summed E-state index contributed by atoms with van der Waals surface area (Å²) in [5.74, 6) is 1.31. The van der Waals surface area contributed by atoms with E-state index in [1.807, 2.05) is 6.07 Å². The van der Waals surface area contributed by atoms with Crippen LogP contribution in [-0.2, 0) is 6.61 Å². The summed E-state index contributed by atoms with van der Waals surface area (Å²) < 4.78 is 5.20. The number of nitrogens with one attached hydrogen (secondary N) is 1. The van der Waals surface area contributed by atoms with Crippen molar-refractivity contribution in [1.29, 1.82) is 0 Å². The zero-order valence-electron chi connectivity index (χ0n) is 10.6. The zero-order valence-corrected chi connectivity index (χ0v) is 11.3. The van der Waals surface area contributed by atoms with Gasteiger partial charge in [-0.1, -0.05) is 25.4 Å². The molecule has 0 aliphatic rings. The Bertz CT molecular complexity index is 367. The number of rotatable bonds is 6. The van der Waals surface area contributed by atoms with Gasteiger partial charge in [0.05, 0.1) is 24.4 Å². The minimum absolute atomic E-state index is 0.0742. The Kier molecular flexibility index (Phi) is 5.59. The molecule has 1 aromatic carbocycles. The lowest BCUT2D eigenvalue weighted by atomic mass is 10.1. The standard InChI is InChI=1S/C13H20ClNO2/c1-9(2)4-5-15-12-7-13(17-3)10(8-16)6-11(12)14/h6-7,9,15-16H,4-5,8H2,1-3H3. The fourth-order valence-electron chi connectivity index (χ4n) is 1.54. The summed E-state index contributed by atoms with van der Waals surface area (Å²) in [6.07, 6.45) is 1.08. The molecule has 1 aromatic rings. The molecular formula is C13H20ClNO2. The molecule has 2 N–H and O–H groups in total. The van der Waals surface area contributed by atoms with Gasteiger partial charge in [0.2, 0.25) is 0 Å². The molecule has 96 valence electrons. The van der Waals surface area contributed by atoms with Gasteiger partial charge >= 0.3 is 0 Å². The van der Waals surface area contributed by atoms with Crippen LogP contribution in [0.3, 0.4) is 0 Å². The second-order valence-corrected chi connectivity index (χ2v) is 4.82. The minimum atomic E-state index is -0.0742. The lowest BCUT2D eigenvalue weighted by molar-refractivity contribution is 0.274. The molecule has 0 aromatic heterocycles. The normalized spacial score (nSPS) is 10.7. The first kappa shape index (κ1) is 14.1. The first-order chi connectivity index (χ1) is 8.08. The van der Waals surface area contributed by atoms with E-state index < -0.39 is 0 Å². The highest BCUT2D eigenvalue weighted by atomic mass is 35.5. The SMILES string of the molecule is COc1cc(NCCC(C)C)c(Cl)cc1CO. The van der Waals surface area contributed by atoms with E-state index in [0.717, 1.165) is 18.7 Å². The van der Waals surface area contributed by atoms with Crippen molar-refractivity contribution in [3.05, 3.63) is 22.7 Å². The molecule has 0 aliphatic carbocycles. The maximum atomic E-state index is 9.15. The lowest BCUT2D eigenvalue weighted by Gasteiger charge is -2.13. The molecule has 0 fully saturated rings. The van der Waals surface area contributed by atoms with E-state index in [1.54, 1.807) is 13.2 Å². The van der Waals surface area contributed by atoms with Crippen LogP contribution in [0.1, 0.15) is 25.8 Å². The van der Waals surface area contributed by atoms with Gasteiger partial charge < -0.3 is 15.2 Å². The number of hydrogen-bond acceptors (Lipinski definition) is 3. The molecule has 4 heteroatoms. The van der Waals surface area contributed by atoms with Gasteiger partial charge in [-0.05, 0) is 18.4 Å². The van der Waals surface area contributed by atoms with Crippen LogP contribution in [0.25, 0.3) is 0 Å². The summed E-state index contributed by atoms with van der Waals surface area (Å²) in [5.41, 5.74) is 1.55. The smallest absolute Gasteiger partial charge is 0.126 e. The van der Waals surface area contributed by atoms with Crippen LogP contribution in [0.5, 0.6) is 5.75 Å². The third-order valence-electron chi connectivity index (χ3n) is 2.58. The fraction of sp³-hybridized carbons (Fsp3) is 0.538. The molecule has 3 nitrogen and oxygen atoms in total. The van der Waals surface area contributed by atoms with Crippen molar-refractivity contribution in [2.24, 2.45) is 5.92 Å². The van der Waals surface area contributed by atoms with Gasteiger partial charge in [-0.25, -0.2) is 0 Å². The van der Waals surface area contributed by atoms with Gasteiger partial charge in [0.25, 0.3) is 0 Å². The lowest BCUT2D eigenvalue weighted by Crippen LogP contribution is -2.06. The van der Waals surface area contributed by atoms with Gasteiger partial charge in [-0.15, -0.1) is 0 Å². The van der Waals surface area contributed by atoms with Crippen molar-refractivity contribution in [1.82, 2.24) is 0 Å².